The predicted octanol–water partition coefficient (Wildman–Crippen LogP) is 1.47. The molecule has 0 amide bonds. The summed E-state index contributed by atoms with van der Waals surface area (Å²) in [6.07, 6.45) is 3.30. The lowest BCUT2D eigenvalue weighted by molar-refractivity contribution is -0.384. The Bertz CT molecular complexity index is 652. The Kier molecular flexibility index (Phi) is 3.19. The predicted molar refractivity (Wildman–Crippen MR) is 75.6 cm³/mol. The van der Waals surface area contributed by atoms with Gasteiger partial charge >= 0.3 is 0 Å². The van der Waals surface area contributed by atoms with E-state index in [1.165, 1.54) is 12.4 Å². The molecule has 7 nitrogen and oxygen atoms in total. The van der Waals surface area contributed by atoms with E-state index in [9.17, 15) is 10.1 Å². The number of anilines is 1. The Morgan fingerprint density at radius 1 is 1.30 bits per heavy atom. The number of hydrogen-bond donors (Lipinski definition) is 1. The highest BCUT2D eigenvalue weighted by Gasteiger charge is 2.20. The fraction of sp³-hybridized carbons (Fsp3) is 0.385. The number of fused-ring (bicyclic) bond motifs is 1. The zero-order chi connectivity index (χ0) is 14.1. The van der Waals surface area contributed by atoms with Crippen molar-refractivity contribution in [2.24, 2.45) is 5.73 Å². The molecule has 3 rings (SSSR count). The molecule has 2 N–H and O–H groups in total. The Labute approximate surface area is 115 Å². The third kappa shape index (κ3) is 2.27. The molecule has 0 saturated carbocycles. The highest BCUT2D eigenvalue weighted by molar-refractivity contribution is 5.91. The summed E-state index contributed by atoms with van der Waals surface area (Å²) in [4.78, 5) is 21.1. The number of piperidine rings is 1. The van der Waals surface area contributed by atoms with Gasteiger partial charge in [0.2, 0.25) is 0 Å². The molecule has 104 valence electrons. The van der Waals surface area contributed by atoms with Crippen molar-refractivity contribution >= 4 is 22.4 Å². The summed E-state index contributed by atoms with van der Waals surface area (Å²) < 4.78 is 0. The minimum absolute atomic E-state index is 0.0576. The summed E-state index contributed by atoms with van der Waals surface area (Å²) in [5.74, 6) is 0.755. The van der Waals surface area contributed by atoms with E-state index in [2.05, 4.69) is 14.9 Å². The van der Waals surface area contributed by atoms with E-state index in [1.54, 1.807) is 12.1 Å². The van der Waals surface area contributed by atoms with Gasteiger partial charge in [0.1, 0.15) is 12.1 Å². The van der Waals surface area contributed by atoms with Crippen LogP contribution in [0.3, 0.4) is 0 Å². The Morgan fingerprint density at radius 2 is 2.05 bits per heavy atom. The van der Waals surface area contributed by atoms with Crippen molar-refractivity contribution in [3.8, 4) is 0 Å². The van der Waals surface area contributed by atoms with E-state index >= 15 is 0 Å². The third-order valence-electron chi connectivity index (χ3n) is 3.65. The lowest BCUT2D eigenvalue weighted by Crippen LogP contribution is -2.40. The topological polar surface area (TPSA) is 98.2 Å². The minimum Gasteiger partial charge on any atom is -0.356 e. The standard InChI is InChI=1S/C13H15N5O2/c14-9-3-5-17(6-4-9)13-11-7-10(18(19)20)1-2-12(11)15-8-16-13/h1-2,7-9H,3-6,14H2. The normalized spacial score (nSPS) is 16.6. The lowest BCUT2D eigenvalue weighted by atomic mass is 10.1. The molecule has 7 heteroatoms. The summed E-state index contributed by atoms with van der Waals surface area (Å²) in [6.45, 7) is 1.63. The third-order valence-corrected chi connectivity index (χ3v) is 3.65. The largest absolute Gasteiger partial charge is 0.356 e. The number of rotatable bonds is 2. The second-order valence-corrected chi connectivity index (χ2v) is 4.98. The number of nitro groups is 1. The quantitative estimate of drug-likeness (QED) is 0.657. The highest BCUT2D eigenvalue weighted by atomic mass is 16.6. The smallest absolute Gasteiger partial charge is 0.270 e. The van der Waals surface area contributed by atoms with Crippen LogP contribution in [-0.4, -0.2) is 34.0 Å². The van der Waals surface area contributed by atoms with E-state index in [0.29, 0.717) is 0 Å². The Morgan fingerprint density at radius 3 is 2.75 bits per heavy atom. The van der Waals surface area contributed by atoms with Gasteiger partial charge in [-0.1, -0.05) is 0 Å². The highest BCUT2D eigenvalue weighted by Crippen LogP contribution is 2.28. The van der Waals surface area contributed by atoms with Gasteiger partial charge in [0.15, 0.2) is 0 Å². The van der Waals surface area contributed by atoms with Crippen molar-refractivity contribution in [1.29, 1.82) is 0 Å². The molecule has 2 heterocycles. The van der Waals surface area contributed by atoms with Gasteiger partial charge in [-0.2, -0.15) is 0 Å². The molecule has 0 atom stereocenters. The zero-order valence-electron chi connectivity index (χ0n) is 10.9. The molecular formula is C13H15N5O2. The summed E-state index contributed by atoms with van der Waals surface area (Å²) in [5.41, 5.74) is 6.68. The summed E-state index contributed by atoms with van der Waals surface area (Å²) >= 11 is 0. The molecule has 1 aliphatic rings. The first-order valence-electron chi connectivity index (χ1n) is 6.55. The van der Waals surface area contributed by atoms with E-state index < -0.39 is 4.92 Å². The molecular weight excluding hydrogens is 258 g/mol. The SMILES string of the molecule is NC1CCN(c2ncnc3ccc([N+](=O)[O-])cc23)CC1. The monoisotopic (exact) mass is 273 g/mol. The molecule has 20 heavy (non-hydrogen) atoms. The van der Waals surface area contributed by atoms with Gasteiger partial charge in [-0.3, -0.25) is 10.1 Å². The number of benzene rings is 1. The van der Waals surface area contributed by atoms with Crippen molar-refractivity contribution in [3.63, 3.8) is 0 Å². The van der Waals surface area contributed by atoms with Crippen LogP contribution in [0.4, 0.5) is 11.5 Å². The van der Waals surface area contributed by atoms with Crippen molar-refractivity contribution in [1.82, 2.24) is 9.97 Å². The minimum atomic E-state index is -0.400. The maximum absolute atomic E-state index is 10.9. The average Bonchev–Trinajstić information content (AvgIpc) is 2.47. The summed E-state index contributed by atoms with van der Waals surface area (Å²) in [5, 5.41) is 11.6. The number of nitrogens with two attached hydrogens (primary N) is 1. The average molecular weight is 273 g/mol. The van der Waals surface area contributed by atoms with E-state index in [4.69, 9.17) is 5.73 Å². The molecule has 0 spiro atoms. The van der Waals surface area contributed by atoms with Crippen LogP contribution in [0.15, 0.2) is 24.5 Å². The van der Waals surface area contributed by atoms with Crippen LogP contribution in [0.25, 0.3) is 10.9 Å². The number of hydrogen-bond acceptors (Lipinski definition) is 6. The van der Waals surface area contributed by atoms with Crippen molar-refractivity contribution in [2.45, 2.75) is 18.9 Å². The number of nitrogens with zero attached hydrogens (tertiary/aromatic N) is 4. The molecule has 1 aromatic carbocycles. The molecule has 1 saturated heterocycles. The van der Waals surface area contributed by atoms with Gasteiger partial charge < -0.3 is 10.6 Å². The molecule has 0 bridgehead atoms. The van der Waals surface area contributed by atoms with Crippen LogP contribution in [0, 0.1) is 10.1 Å². The number of aromatic nitrogens is 2. The fourth-order valence-corrected chi connectivity index (χ4v) is 2.51. The number of non-ortho nitro benzene ring substituents is 1. The molecule has 0 radical (unpaired) electrons. The molecule has 0 unspecified atom stereocenters. The Balaban J connectivity index is 2.05. The van der Waals surface area contributed by atoms with Gasteiger partial charge in [0.05, 0.1) is 10.4 Å². The van der Waals surface area contributed by atoms with Gasteiger partial charge in [-0.05, 0) is 18.9 Å². The van der Waals surface area contributed by atoms with Gasteiger partial charge in [-0.15, -0.1) is 0 Å². The lowest BCUT2D eigenvalue weighted by Gasteiger charge is -2.31. The second-order valence-electron chi connectivity index (χ2n) is 4.98. The van der Waals surface area contributed by atoms with Crippen LogP contribution in [0.1, 0.15) is 12.8 Å². The first-order valence-corrected chi connectivity index (χ1v) is 6.55. The van der Waals surface area contributed by atoms with Crippen LogP contribution >= 0.6 is 0 Å². The molecule has 1 aromatic heterocycles. The first kappa shape index (κ1) is 12.7. The van der Waals surface area contributed by atoms with Gasteiger partial charge in [0, 0.05) is 36.7 Å². The van der Waals surface area contributed by atoms with Crippen LogP contribution in [0.5, 0.6) is 0 Å². The molecule has 1 fully saturated rings. The van der Waals surface area contributed by atoms with Crippen LogP contribution in [-0.2, 0) is 0 Å². The van der Waals surface area contributed by atoms with Crippen molar-refractivity contribution in [2.75, 3.05) is 18.0 Å². The van der Waals surface area contributed by atoms with Gasteiger partial charge in [-0.25, -0.2) is 9.97 Å². The van der Waals surface area contributed by atoms with Crippen molar-refractivity contribution in [3.05, 3.63) is 34.6 Å². The summed E-state index contributed by atoms with van der Waals surface area (Å²) in [7, 11) is 0. The van der Waals surface area contributed by atoms with Crippen LogP contribution in [0.2, 0.25) is 0 Å². The van der Waals surface area contributed by atoms with Crippen molar-refractivity contribution < 1.29 is 4.92 Å². The van der Waals surface area contributed by atoms with E-state index in [-0.39, 0.29) is 11.7 Å². The maximum atomic E-state index is 10.9. The Hall–Kier alpha value is -2.28. The maximum Gasteiger partial charge on any atom is 0.270 e. The molecule has 0 aliphatic carbocycles. The van der Waals surface area contributed by atoms with E-state index in [1.807, 2.05) is 0 Å². The number of nitro benzene ring substituents is 1. The molecule has 2 aromatic rings. The summed E-state index contributed by atoms with van der Waals surface area (Å²) in [6, 6.07) is 4.90. The van der Waals surface area contributed by atoms with Crippen LogP contribution < -0.4 is 10.6 Å². The molecule has 1 aliphatic heterocycles. The zero-order valence-corrected chi connectivity index (χ0v) is 10.9. The first-order chi connectivity index (χ1) is 9.65. The van der Waals surface area contributed by atoms with E-state index in [0.717, 1.165) is 42.7 Å². The fourth-order valence-electron chi connectivity index (χ4n) is 2.51. The second kappa shape index (κ2) is 5.01. The van der Waals surface area contributed by atoms with Gasteiger partial charge in [0.25, 0.3) is 5.69 Å².